The summed E-state index contributed by atoms with van der Waals surface area (Å²) in [6.45, 7) is 7.15. The van der Waals surface area contributed by atoms with Crippen LogP contribution in [0.25, 0.3) is 0 Å². The second-order valence-electron chi connectivity index (χ2n) is 5.97. The summed E-state index contributed by atoms with van der Waals surface area (Å²) in [5.74, 6) is 1.66. The quantitative estimate of drug-likeness (QED) is 0.593. The van der Waals surface area contributed by atoms with Crippen LogP contribution in [-0.2, 0) is 17.7 Å². The van der Waals surface area contributed by atoms with Gasteiger partial charge in [-0.3, -0.25) is 4.99 Å². The smallest absolute Gasteiger partial charge is 0.154 e. The Balaban J connectivity index is 0.00000242. The van der Waals surface area contributed by atoms with Gasteiger partial charge in [-0.1, -0.05) is 56.8 Å². The lowest BCUT2D eigenvalue weighted by Gasteiger charge is -2.19. The topological polar surface area (TPSA) is 51.5 Å². The third-order valence-electron chi connectivity index (χ3n) is 3.18. The van der Waals surface area contributed by atoms with Crippen molar-refractivity contribution in [3.63, 3.8) is 0 Å². The lowest BCUT2D eigenvalue weighted by Crippen LogP contribution is -2.11. The van der Waals surface area contributed by atoms with E-state index in [1.807, 2.05) is 12.1 Å². The molecule has 1 heterocycles. The Morgan fingerprint density at radius 3 is 2.30 bits per heavy atom. The van der Waals surface area contributed by atoms with Gasteiger partial charge in [0.15, 0.2) is 5.17 Å². The van der Waals surface area contributed by atoms with E-state index in [1.54, 1.807) is 18.0 Å². The lowest BCUT2D eigenvalue weighted by atomic mass is 9.87. The van der Waals surface area contributed by atoms with Crippen LogP contribution in [0.5, 0.6) is 0 Å². The van der Waals surface area contributed by atoms with Gasteiger partial charge in [-0.05, 0) is 28.7 Å². The standard InChI is InChI=1S/C17H22N2OS.2ClH/c1-17(2,3)14-8-6-13(7-9-14)12-21-16(18)19-11-15-5-4-10-20-15;;/h4-10H,11-12H2,1-3H3,(H2,18,19);2*1H. The Labute approximate surface area is 155 Å². The zero-order valence-corrected chi connectivity index (χ0v) is 16.1. The highest BCUT2D eigenvalue weighted by atomic mass is 35.5. The molecule has 0 atom stereocenters. The molecule has 1 aromatic heterocycles. The minimum absolute atomic E-state index is 0. The first-order valence-corrected chi connectivity index (χ1v) is 7.98. The van der Waals surface area contributed by atoms with E-state index in [1.165, 1.54) is 11.1 Å². The van der Waals surface area contributed by atoms with Crippen LogP contribution in [0.4, 0.5) is 0 Å². The average molecular weight is 375 g/mol. The molecular weight excluding hydrogens is 351 g/mol. The maximum Gasteiger partial charge on any atom is 0.154 e. The van der Waals surface area contributed by atoms with Crippen molar-refractivity contribution in [2.24, 2.45) is 10.7 Å². The molecule has 0 amide bonds. The number of furan rings is 1. The molecule has 128 valence electrons. The fourth-order valence-electron chi connectivity index (χ4n) is 1.86. The van der Waals surface area contributed by atoms with Gasteiger partial charge in [0.25, 0.3) is 0 Å². The minimum Gasteiger partial charge on any atom is -0.467 e. The second-order valence-corrected chi connectivity index (χ2v) is 6.97. The van der Waals surface area contributed by atoms with E-state index in [-0.39, 0.29) is 30.2 Å². The number of benzene rings is 1. The molecule has 0 aliphatic rings. The van der Waals surface area contributed by atoms with Crippen molar-refractivity contribution in [3.05, 3.63) is 59.5 Å². The third-order valence-corrected chi connectivity index (χ3v) is 4.08. The van der Waals surface area contributed by atoms with E-state index in [0.29, 0.717) is 11.7 Å². The van der Waals surface area contributed by atoms with Crippen LogP contribution >= 0.6 is 36.6 Å². The van der Waals surface area contributed by atoms with E-state index in [9.17, 15) is 0 Å². The van der Waals surface area contributed by atoms with E-state index < -0.39 is 0 Å². The molecule has 6 heteroatoms. The molecule has 0 saturated heterocycles. The van der Waals surface area contributed by atoms with Gasteiger partial charge < -0.3 is 10.2 Å². The summed E-state index contributed by atoms with van der Waals surface area (Å²) in [5.41, 5.74) is 8.70. The highest BCUT2D eigenvalue weighted by Crippen LogP contribution is 2.23. The van der Waals surface area contributed by atoms with Crippen molar-refractivity contribution < 1.29 is 4.42 Å². The van der Waals surface area contributed by atoms with Crippen molar-refractivity contribution in [2.75, 3.05) is 0 Å². The number of nitrogens with two attached hydrogens (primary N) is 1. The van der Waals surface area contributed by atoms with Crippen LogP contribution in [0.3, 0.4) is 0 Å². The highest BCUT2D eigenvalue weighted by molar-refractivity contribution is 8.13. The van der Waals surface area contributed by atoms with Crippen LogP contribution in [0.1, 0.15) is 37.7 Å². The molecule has 2 N–H and O–H groups in total. The highest BCUT2D eigenvalue weighted by Gasteiger charge is 2.12. The molecule has 0 saturated carbocycles. The molecule has 0 bridgehead atoms. The number of hydrogen-bond donors (Lipinski definition) is 1. The molecule has 0 radical (unpaired) electrons. The molecule has 2 rings (SSSR count). The van der Waals surface area contributed by atoms with Gasteiger partial charge in [0.1, 0.15) is 5.76 Å². The van der Waals surface area contributed by atoms with Crippen LogP contribution in [-0.4, -0.2) is 5.17 Å². The molecular formula is C17H24Cl2N2OS. The lowest BCUT2D eigenvalue weighted by molar-refractivity contribution is 0.513. The molecule has 0 aliphatic heterocycles. The molecule has 0 spiro atoms. The Morgan fingerprint density at radius 2 is 1.78 bits per heavy atom. The first-order chi connectivity index (χ1) is 9.95. The fraction of sp³-hybridized carbons (Fsp3) is 0.353. The molecule has 0 unspecified atom stereocenters. The minimum atomic E-state index is 0. The monoisotopic (exact) mass is 374 g/mol. The van der Waals surface area contributed by atoms with Gasteiger partial charge >= 0.3 is 0 Å². The van der Waals surface area contributed by atoms with E-state index in [0.717, 1.165) is 11.5 Å². The Hall–Kier alpha value is -1.10. The van der Waals surface area contributed by atoms with Crippen LogP contribution in [0.2, 0.25) is 0 Å². The number of halogens is 2. The molecule has 0 aliphatic carbocycles. The summed E-state index contributed by atoms with van der Waals surface area (Å²) in [6, 6.07) is 12.4. The third kappa shape index (κ3) is 7.34. The first kappa shape index (κ1) is 21.9. The van der Waals surface area contributed by atoms with Gasteiger partial charge in [-0.15, -0.1) is 24.8 Å². The molecule has 23 heavy (non-hydrogen) atoms. The van der Waals surface area contributed by atoms with E-state index in [4.69, 9.17) is 10.2 Å². The molecule has 3 nitrogen and oxygen atoms in total. The van der Waals surface area contributed by atoms with Gasteiger partial charge in [0.2, 0.25) is 0 Å². The summed E-state index contributed by atoms with van der Waals surface area (Å²) in [5, 5.41) is 0.589. The summed E-state index contributed by atoms with van der Waals surface area (Å²) in [6.07, 6.45) is 1.64. The summed E-state index contributed by atoms with van der Waals surface area (Å²) in [7, 11) is 0. The maximum atomic E-state index is 5.91. The number of rotatable bonds is 4. The van der Waals surface area contributed by atoms with Gasteiger partial charge in [0.05, 0.1) is 12.8 Å². The van der Waals surface area contributed by atoms with Crippen molar-refractivity contribution in [1.29, 1.82) is 0 Å². The summed E-state index contributed by atoms with van der Waals surface area (Å²) >= 11 is 1.55. The number of aliphatic imine (C=N–C) groups is 1. The van der Waals surface area contributed by atoms with Crippen LogP contribution < -0.4 is 5.73 Å². The number of hydrogen-bond acceptors (Lipinski definition) is 3. The van der Waals surface area contributed by atoms with Crippen molar-refractivity contribution in [1.82, 2.24) is 0 Å². The average Bonchev–Trinajstić information content (AvgIpc) is 2.95. The number of thioether (sulfide) groups is 1. The summed E-state index contributed by atoms with van der Waals surface area (Å²) < 4.78 is 5.22. The number of nitrogens with zero attached hydrogens (tertiary/aromatic N) is 1. The number of amidine groups is 1. The largest absolute Gasteiger partial charge is 0.467 e. The Bertz CT molecular complexity index is 590. The SMILES string of the molecule is CC(C)(C)c1ccc(CSC(N)=NCc2ccco2)cc1.Cl.Cl. The molecule has 0 fully saturated rings. The van der Waals surface area contributed by atoms with Crippen molar-refractivity contribution in [3.8, 4) is 0 Å². The van der Waals surface area contributed by atoms with Gasteiger partial charge in [0, 0.05) is 5.75 Å². The van der Waals surface area contributed by atoms with E-state index in [2.05, 4.69) is 50.0 Å². The second kappa shape index (κ2) is 9.91. The van der Waals surface area contributed by atoms with Gasteiger partial charge in [-0.2, -0.15) is 0 Å². The Morgan fingerprint density at radius 1 is 1.13 bits per heavy atom. The van der Waals surface area contributed by atoms with Crippen molar-refractivity contribution >= 4 is 41.7 Å². The normalized spacial score (nSPS) is 11.5. The fourth-order valence-corrected chi connectivity index (χ4v) is 2.53. The predicted octanol–water partition coefficient (Wildman–Crippen LogP) is 5.17. The summed E-state index contributed by atoms with van der Waals surface area (Å²) in [4.78, 5) is 4.30. The van der Waals surface area contributed by atoms with Crippen molar-refractivity contribution in [2.45, 2.75) is 38.5 Å². The predicted molar refractivity (Wildman–Crippen MR) is 105 cm³/mol. The first-order valence-electron chi connectivity index (χ1n) is 6.99. The zero-order chi connectivity index (χ0) is 15.3. The van der Waals surface area contributed by atoms with Gasteiger partial charge in [-0.25, -0.2) is 0 Å². The maximum absolute atomic E-state index is 5.91. The Kier molecular flexibility index (Phi) is 9.44. The van der Waals surface area contributed by atoms with Crippen LogP contribution in [0.15, 0.2) is 52.1 Å². The molecule has 1 aromatic carbocycles. The zero-order valence-electron chi connectivity index (χ0n) is 13.6. The van der Waals surface area contributed by atoms with E-state index >= 15 is 0 Å². The molecule has 2 aromatic rings. The van der Waals surface area contributed by atoms with Crippen LogP contribution in [0, 0.1) is 0 Å².